The van der Waals surface area contributed by atoms with Gasteiger partial charge in [-0.3, -0.25) is 0 Å². The molecule has 0 bridgehead atoms. The number of piperazine rings is 1. The van der Waals surface area contributed by atoms with E-state index in [1.807, 2.05) is 0 Å². The molecule has 0 atom stereocenters. The summed E-state index contributed by atoms with van der Waals surface area (Å²) in [6, 6.07) is 3.28. The second-order valence-electron chi connectivity index (χ2n) is 4.53. The summed E-state index contributed by atoms with van der Waals surface area (Å²) in [4.78, 5) is 2.38. The summed E-state index contributed by atoms with van der Waals surface area (Å²) in [5.41, 5.74) is 1.52. The number of hydrogen-bond acceptors (Lipinski definition) is 2. The number of nitrogens with one attached hydrogen (secondary N) is 1. The Labute approximate surface area is 107 Å². The number of aryl methyl sites for hydroxylation is 1. The smallest absolute Gasteiger partial charge is 0.126 e. The molecule has 1 aromatic rings. The molecule has 0 aromatic heterocycles. The fourth-order valence-corrected chi connectivity index (χ4v) is 2.41. The Kier molecular flexibility index (Phi) is 4.37. The van der Waals surface area contributed by atoms with Crippen LogP contribution in [0.15, 0.2) is 12.1 Å². The maximum absolute atomic E-state index is 13.4. The molecular weight excluding hydrogens is 239 g/mol. The molecule has 0 saturated carbocycles. The molecule has 1 aliphatic rings. The average Bonchev–Trinajstić information content (AvgIpc) is 2.33. The van der Waals surface area contributed by atoms with E-state index in [1.165, 1.54) is 0 Å². The molecular formula is C13H18ClFN2. The molecule has 4 heteroatoms. The standard InChI is InChI=1S/C13H18ClFN2/c1-10-8-12(14)11(9-13(10)15)2-5-17-6-3-16-4-7-17/h8-9,16H,2-7H2,1H3. The fourth-order valence-electron chi connectivity index (χ4n) is 2.09. The van der Waals surface area contributed by atoms with Gasteiger partial charge in [-0.25, -0.2) is 4.39 Å². The Morgan fingerprint density at radius 3 is 2.76 bits per heavy atom. The Morgan fingerprint density at radius 1 is 1.35 bits per heavy atom. The largest absolute Gasteiger partial charge is 0.314 e. The van der Waals surface area contributed by atoms with Crippen molar-refractivity contribution in [3.63, 3.8) is 0 Å². The van der Waals surface area contributed by atoms with Crippen molar-refractivity contribution in [2.75, 3.05) is 32.7 Å². The van der Waals surface area contributed by atoms with Crippen molar-refractivity contribution in [2.45, 2.75) is 13.3 Å². The van der Waals surface area contributed by atoms with Crippen LogP contribution in [0.4, 0.5) is 4.39 Å². The van der Waals surface area contributed by atoms with Gasteiger partial charge in [0.15, 0.2) is 0 Å². The van der Waals surface area contributed by atoms with Crippen LogP contribution < -0.4 is 5.32 Å². The van der Waals surface area contributed by atoms with Crippen LogP contribution in [0.3, 0.4) is 0 Å². The van der Waals surface area contributed by atoms with E-state index in [9.17, 15) is 4.39 Å². The molecule has 0 unspecified atom stereocenters. The molecule has 1 aliphatic heterocycles. The Balaban J connectivity index is 1.96. The van der Waals surface area contributed by atoms with E-state index in [2.05, 4.69) is 10.2 Å². The number of hydrogen-bond donors (Lipinski definition) is 1. The minimum absolute atomic E-state index is 0.162. The maximum Gasteiger partial charge on any atom is 0.126 e. The first-order valence-electron chi connectivity index (χ1n) is 6.04. The van der Waals surface area contributed by atoms with E-state index < -0.39 is 0 Å². The highest BCUT2D eigenvalue weighted by molar-refractivity contribution is 6.31. The molecule has 0 aliphatic carbocycles. The van der Waals surface area contributed by atoms with Crippen LogP contribution in [-0.4, -0.2) is 37.6 Å². The fraction of sp³-hybridized carbons (Fsp3) is 0.538. The monoisotopic (exact) mass is 256 g/mol. The molecule has 17 heavy (non-hydrogen) atoms. The van der Waals surface area contributed by atoms with E-state index in [4.69, 9.17) is 11.6 Å². The number of nitrogens with zero attached hydrogens (tertiary/aromatic N) is 1. The summed E-state index contributed by atoms with van der Waals surface area (Å²) >= 11 is 6.12. The first-order chi connectivity index (χ1) is 8.16. The van der Waals surface area contributed by atoms with Crippen molar-refractivity contribution in [1.29, 1.82) is 0 Å². The molecule has 1 N–H and O–H groups in total. The maximum atomic E-state index is 13.4. The zero-order chi connectivity index (χ0) is 12.3. The van der Waals surface area contributed by atoms with Crippen LogP contribution in [0, 0.1) is 12.7 Å². The van der Waals surface area contributed by atoms with Gasteiger partial charge >= 0.3 is 0 Å². The summed E-state index contributed by atoms with van der Waals surface area (Å²) in [6.45, 7) is 6.88. The predicted octanol–water partition coefficient (Wildman–Crippen LogP) is 2.24. The Bertz CT molecular complexity index is 389. The highest BCUT2D eigenvalue weighted by Crippen LogP contribution is 2.21. The SMILES string of the molecule is Cc1cc(Cl)c(CCN2CCNCC2)cc1F. The van der Waals surface area contributed by atoms with E-state index in [0.717, 1.165) is 44.7 Å². The Morgan fingerprint density at radius 2 is 2.06 bits per heavy atom. The lowest BCUT2D eigenvalue weighted by Gasteiger charge is -2.27. The highest BCUT2D eigenvalue weighted by Gasteiger charge is 2.11. The van der Waals surface area contributed by atoms with Gasteiger partial charge in [0.25, 0.3) is 0 Å². The molecule has 1 fully saturated rings. The van der Waals surface area contributed by atoms with Crippen molar-refractivity contribution < 1.29 is 4.39 Å². The summed E-state index contributed by atoms with van der Waals surface area (Å²) in [6.07, 6.45) is 0.816. The third-order valence-corrected chi connectivity index (χ3v) is 3.59. The van der Waals surface area contributed by atoms with E-state index >= 15 is 0 Å². The molecule has 1 aromatic carbocycles. The minimum Gasteiger partial charge on any atom is -0.314 e. The minimum atomic E-state index is -0.162. The van der Waals surface area contributed by atoms with Crippen molar-refractivity contribution in [2.24, 2.45) is 0 Å². The summed E-state index contributed by atoms with van der Waals surface area (Å²) in [5.74, 6) is -0.162. The predicted molar refractivity (Wildman–Crippen MR) is 69.2 cm³/mol. The van der Waals surface area contributed by atoms with Gasteiger partial charge in [0.1, 0.15) is 5.82 Å². The second-order valence-corrected chi connectivity index (χ2v) is 4.94. The molecule has 1 heterocycles. The van der Waals surface area contributed by atoms with Gasteiger partial charge in [0.2, 0.25) is 0 Å². The first-order valence-corrected chi connectivity index (χ1v) is 6.42. The third-order valence-electron chi connectivity index (χ3n) is 3.23. The van der Waals surface area contributed by atoms with Crippen molar-refractivity contribution in [3.05, 3.63) is 34.1 Å². The van der Waals surface area contributed by atoms with Gasteiger partial charge in [-0.1, -0.05) is 11.6 Å². The van der Waals surface area contributed by atoms with Gasteiger partial charge in [0, 0.05) is 37.7 Å². The lowest BCUT2D eigenvalue weighted by Crippen LogP contribution is -2.44. The van der Waals surface area contributed by atoms with Gasteiger partial charge < -0.3 is 10.2 Å². The Hall–Kier alpha value is -0.640. The molecule has 2 rings (SSSR count). The summed E-state index contributed by atoms with van der Waals surface area (Å²) in [5, 5.41) is 3.99. The topological polar surface area (TPSA) is 15.3 Å². The molecule has 0 radical (unpaired) electrons. The van der Waals surface area contributed by atoms with Crippen LogP contribution in [0.1, 0.15) is 11.1 Å². The number of rotatable bonds is 3. The zero-order valence-corrected chi connectivity index (χ0v) is 10.9. The highest BCUT2D eigenvalue weighted by atomic mass is 35.5. The van der Waals surface area contributed by atoms with E-state index in [0.29, 0.717) is 10.6 Å². The van der Waals surface area contributed by atoms with E-state index in [-0.39, 0.29) is 5.82 Å². The van der Waals surface area contributed by atoms with Crippen molar-refractivity contribution in [1.82, 2.24) is 10.2 Å². The molecule has 94 valence electrons. The van der Waals surface area contributed by atoms with Crippen molar-refractivity contribution >= 4 is 11.6 Å². The molecule has 2 nitrogen and oxygen atoms in total. The third kappa shape index (κ3) is 3.41. The van der Waals surface area contributed by atoms with Crippen LogP contribution in [0.2, 0.25) is 5.02 Å². The average molecular weight is 257 g/mol. The van der Waals surface area contributed by atoms with Gasteiger partial charge in [0.05, 0.1) is 0 Å². The zero-order valence-electron chi connectivity index (χ0n) is 10.1. The summed E-state index contributed by atoms with van der Waals surface area (Å²) in [7, 11) is 0. The second kappa shape index (κ2) is 5.80. The lowest BCUT2D eigenvalue weighted by atomic mass is 10.1. The molecule has 0 amide bonds. The summed E-state index contributed by atoms with van der Waals surface area (Å²) < 4.78 is 13.4. The van der Waals surface area contributed by atoms with Gasteiger partial charge in [-0.2, -0.15) is 0 Å². The lowest BCUT2D eigenvalue weighted by molar-refractivity contribution is 0.244. The molecule has 1 saturated heterocycles. The first kappa shape index (κ1) is 12.8. The van der Waals surface area contributed by atoms with E-state index in [1.54, 1.807) is 19.1 Å². The van der Waals surface area contributed by atoms with Gasteiger partial charge in [-0.15, -0.1) is 0 Å². The van der Waals surface area contributed by atoms with Crippen LogP contribution in [-0.2, 0) is 6.42 Å². The number of benzene rings is 1. The van der Waals surface area contributed by atoms with Crippen LogP contribution in [0.5, 0.6) is 0 Å². The van der Waals surface area contributed by atoms with Crippen LogP contribution >= 0.6 is 11.6 Å². The van der Waals surface area contributed by atoms with Crippen molar-refractivity contribution in [3.8, 4) is 0 Å². The molecule has 0 spiro atoms. The normalized spacial score (nSPS) is 17.4. The van der Waals surface area contributed by atoms with Gasteiger partial charge in [-0.05, 0) is 36.6 Å². The quantitative estimate of drug-likeness (QED) is 0.892. The number of halogens is 2. The van der Waals surface area contributed by atoms with Crippen LogP contribution in [0.25, 0.3) is 0 Å².